The number of hydrogen-bond donors (Lipinski definition) is 0. The van der Waals surface area contributed by atoms with Crippen LogP contribution in [-0.2, 0) is 10.0 Å². The molecule has 1 saturated heterocycles. The number of benzene rings is 1. The van der Waals surface area contributed by atoms with Crippen LogP contribution in [0.15, 0.2) is 27.6 Å². The molecule has 0 spiro atoms. The molecular weight excluding hydrogens is 321 g/mol. The van der Waals surface area contributed by atoms with Gasteiger partial charge in [0.25, 0.3) is 0 Å². The second kappa shape index (κ2) is 4.90. The van der Waals surface area contributed by atoms with Crippen LogP contribution < -0.4 is 0 Å². The van der Waals surface area contributed by atoms with Crippen molar-refractivity contribution in [3.8, 4) is 0 Å². The summed E-state index contributed by atoms with van der Waals surface area (Å²) >= 11 is 3.02. The summed E-state index contributed by atoms with van der Waals surface area (Å²) < 4.78 is 39.8. The van der Waals surface area contributed by atoms with Gasteiger partial charge in [-0.3, -0.25) is 0 Å². The number of rotatable bonds is 2. The summed E-state index contributed by atoms with van der Waals surface area (Å²) in [5.41, 5.74) is 0. The third-order valence-electron chi connectivity index (χ3n) is 3.48. The Hall–Kier alpha value is -0.460. The molecule has 0 amide bonds. The van der Waals surface area contributed by atoms with E-state index in [9.17, 15) is 12.8 Å². The first-order valence-corrected chi connectivity index (χ1v) is 8.01. The van der Waals surface area contributed by atoms with Crippen molar-refractivity contribution in [2.75, 3.05) is 13.1 Å². The second-order valence-corrected chi connectivity index (χ2v) is 7.64. The van der Waals surface area contributed by atoms with Crippen molar-refractivity contribution in [2.24, 2.45) is 11.8 Å². The average Bonchev–Trinajstić information content (AvgIpc) is 2.64. The first-order valence-electron chi connectivity index (χ1n) is 5.77. The minimum Gasteiger partial charge on any atom is -0.207 e. The van der Waals surface area contributed by atoms with Crippen LogP contribution in [0, 0.1) is 17.7 Å². The summed E-state index contributed by atoms with van der Waals surface area (Å²) in [5, 5.41) is 0. The van der Waals surface area contributed by atoms with Crippen LogP contribution in [0.25, 0.3) is 0 Å². The third kappa shape index (κ3) is 2.46. The Morgan fingerprint density at radius 1 is 1.28 bits per heavy atom. The number of nitrogens with zero attached hydrogens (tertiary/aromatic N) is 1. The Bertz CT molecular complexity index is 551. The number of hydrogen-bond acceptors (Lipinski definition) is 2. The largest absolute Gasteiger partial charge is 0.243 e. The highest BCUT2D eigenvalue weighted by Gasteiger charge is 2.35. The summed E-state index contributed by atoms with van der Waals surface area (Å²) in [6.07, 6.45) is 0. The lowest BCUT2D eigenvalue weighted by Gasteiger charge is -2.16. The van der Waals surface area contributed by atoms with Crippen molar-refractivity contribution < 1.29 is 12.8 Å². The lowest BCUT2D eigenvalue weighted by Crippen LogP contribution is -2.29. The molecule has 1 fully saturated rings. The lowest BCUT2D eigenvalue weighted by atomic mass is 10.0. The standard InChI is InChI=1S/C12H15BrFNO2S/c1-8-6-15(7-9(8)2)18(16,17)10-3-4-11(13)12(14)5-10/h3-5,8-9H,6-7H2,1-2H3. The van der Waals surface area contributed by atoms with Crippen LogP contribution in [0.2, 0.25) is 0 Å². The Kier molecular flexibility index (Phi) is 3.80. The molecule has 2 atom stereocenters. The third-order valence-corrected chi connectivity index (χ3v) is 5.95. The van der Waals surface area contributed by atoms with Gasteiger partial charge in [-0.1, -0.05) is 13.8 Å². The van der Waals surface area contributed by atoms with Crippen molar-refractivity contribution in [1.29, 1.82) is 0 Å². The molecule has 2 rings (SSSR count). The summed E-state index contributed by atoms with van der Waals surface area (Å²) in [5.74, 6) is 0.108. The smallest absolute Gasteiger partial charge is 0.207 e. The first kappa shape index (κ1) is 14.0. The molecule has 3 nitrogen and oxygen atoms in total. The van der Waals surface area contributed by atoms with Crippen LogP contribution >= 0.6 is 15.9 Å². The first-order chi connectivity index (χ1) is 8.32. The van der Waals surface area contributed by atoms with Crippen LogP contribution in [0.3, 0.4) is 0 Å². The van der Waals surface area contributed by atoms with Gasteiger partial charge in [-0.25, -0.2) is 12.8 Å². The van der Waals surface area contributed by atoms with Crippen LogP contribution in [0.5, 0.6) is 0 Å². The summed E-state index contributed by atoms with van der Waals surface area (Å²) in [4.78, 5) is 0.0181. The van der Waals surface area contributed by atoms with Crippen molar-refractivity contribution in [1.82, 2.24) is 4.31 Å². The lowest BCUT2D eigenvalue weighted by molar-refractivity contribution is 0.462. The molecule has 1 aliphatic rings. The van der Waals surface area contributed by atoms with E-state index in [1.807, 2.05) is 13.8 Å². The molecule has 1 aliphatic heterocycles. The Morgan fingerprint density at radius 3 is 2.33 bits per heavy atom. The van der Waals surface area contributed by atoms with Gasteiger partial charge in [0, 0.05) is 13.1 Å². The number of sulfonamides is 1. The molecule has 6 heteroatoms. The van der Waals surface area contributed by atoms with E-state index in [0.29, 0.717) is 24.9 Å². The van der Waals surface area contributed by atoms with Gasteiger partial charge in [0.05, 0.1) is 9.37 Å². The highest BCUT2D eigenvalue weighted by molar-refractivity contribution is 9.10. The van der Waals surface area contributed by atoms with Gasteiger partial charge in [0.15, 0.2) is 0 Å². The van der Waals surface area contributed by atoms with E-state index in [1.165, 1.54) is 16.4 Å². The fourth-order valence-corrected chi connectivity index (χ4v) is 3.96. The van der Waals surface area contributed by atoms with Crippen LogP contribution in [0.4, 0.5) is 4.39 Å². The van der Waals surface area contributed by atoms with E-state index in [-0.39, 0.29) is 9.37 Å². The Balaban J connectivity index is 2.34. The maximum absolute atomic E-state index is 13.4. The zero-order valence-electron chi connectivity index (χ0n) is 10.2. The molecule has 1 heterocycles. The Morgan fingerprint density at radius 2 is 1.83 bits per heavy atom. The maximum atomic E-state index is 13.4. The highest BCUT2D eigenvalue weighted by Crippen LogP contribution is 2.29. The molecule has 2 unspecified atom stereocenters. The van der Waals surface area contributed by atoms with Crippen molar-refractivity contribution >= 4 is 26.0 Å². The topological polar surface area (TPSA) is 37.4 Å². The molecule has 0 aromatic heterocycles. The minimum atomic E-state index is -3.57. The van der Waals surface area contributed by atoms with Gasteiger partial charge in [-0.15, -0.1) is 0 Å². The molecule has 1 aromatic carbocycles. The van der Waals surface area contributed by atoms with Gasteiger partial charge in [-0.05, 0) is 46.0 Å². The van der Waals surface area contributed by atoms with Crippen LogP contribution in [-0.4, -0.2) is 25.8 Å². The second-order valence-electron chi connectivity index (χ2n) is 4.85. The fraction of sp³-hybridized carbons (Fsp3) is 0.500. The van der Waals surface area contributed by atoms with E-state index < -0.39 is 15.8 Å². The molecule has 0 N–H and O–H groups in total. The predicted octanol–water partition coefficient (Wildman–Crippen LogP) is 2.86. The molecule has 0 bridgehead atoms. The molecule has 18 heavy (non-hydrogen) atoms. The maximum Gasteiger partial charge on any atom is 0.243 e. The van der Waals surface area contributed by atoms with Crippen molar-refractivity contribution in [3.05, 3.63) is 28.5 Å². The molecule has 0 aliphatic carbocycles. The van der Waals surface area contributed by atoms with Gasteiger partial charge in [0.2, 0.25) is 10.0 Å². The van der Waals surface area contributed by atoms with E-state index in [2.05, 4.69) is 15.9 Å². The van der Waals surface area contributed by atoms with Gasteiger partial charge in [0.1, 0.15) is 5.82 Å². The zero-order valence-corrected chi connectivity index (χ0v) is 12.6. The predicted molar refractivity (Wildman–Crippen MR) is 71.2 cm³/mol. The van der Waals surface area contributed by atoms with E-state index >= 15 is 0 Å². The normalized spacial score (nSPS) is 25.6. The molecule has 100 valence electrons. The molecule has 1 aromatic rings. The van der Waals surface area contributed by atoms with E-state index in [4.69, 9.17) is 0 Å². The minimum absolute atomic E-state index is 0.0181. The van der Waals surface area contributed by atoms with Crippen molar-refractivity contribution in [2.45, 2.75) is 18.7 Å². The number of halogens is 2. The quantitative estimate of drug-likeness (QED) is 0.833. The van der Waals surface area contributed by atoms with Gasteiger partial charge < -0.3 is 0 Å². The molecule has 0 saturated carbocycles. The summed E-state index contributed by atoms with van der Waals surface area (Å²) in [7, 11) is -3.57. The van der Waals surface area contributed by atoms with Crippen LogP contribution in [0.1, 0.15) is 13.8 Å². The zero-order chi connectivity index (χ0) is 13.5. The monoisotopic (exact) mass is 335 g/mol. The van der Waals surface area contributed by atoms with E-state index in [1.54, 1.807) is 0 Å². The van der Waals surface area contributed by atoms with Gasteiger partial charge >= 0.3 is 0 Å². The van der Waals surface area contributed by atoms with E-state index in [0.717, 1.165) is 6.07 Å². The van der Waals surface area contributed by atoms with Gasteiger partial charge in [-0.2, -0.15) is 4.31 Å². The SMILES string of the molecule is CC1CN(S(=O)(=O)c2ccc(Br)c(F)c2)CC1C. The summed E-state index contributed by atoms with van der Waals surface area (Å²) in [6.45, 7) is 5.06. The molecular formula is C12H15BrFNO2S. The highest BCUT2D eigenvalue weighted by atomic mass is 79.9. The molecule has 0 radical (unpaired) electrons. The van der Waals surface area contributed by atoms with Crippen molar-refractivity contribution in [3.63, 3.8) is 0 Å². The summed E-state index contributed by atoms with van der Waals surface area (Å²) in [6, 6.07) is 3.91. The Labute approximate surface area is 115 Å². The fourth-order valence-electron chi connectivity index (χ4n) is 2.06. The average molecular weight is 336 g/mol.